The normalized spacial score (nSPS) is 25.0. The number of hydrogen-bond donors (Lipinski definition) is 2. The van der Waals surface area contributed by atoms with Crippen molar-refractivity contribution in [3.05, 3.63) is 29.6 Å². The van der Waals surface area contributed by atoms with Crippen LogP contribution in [0.3, 0.4) is 0 Å². The van der Waals surface area contributed by atoms with Gasteiger partial charge in [-0.05, 0) is 19.9 Å². The Morgan fingerprint density at radius 3 is 2.96 bits per heavy atom. The summed E-state index contributed by atoms with van der Waals surface area (Å²) in [6, 6.07) is 4.34. The van der Waals surface area contributed by atoms with E-state index in [0.29, 0.717) is 31.8 Å². The number of halogens is 2. The fraction of sp³-hybridized carbons (Fsp3) is 0.588. The third-order valence-corrected chi connectivity index (χ3v) is 4.20. The van der Waals surface area contributed by atoms with Crippen molar-refractivity contribution in [2.45, 2.75) is 44.4 Å². The fourth-order valence-electron chi connectivity index (χ4n) is 3.18. The van der Waals surface area contributed by atoms with E-state index in [0.717, 1.165) is 12.1 Å². The van der Waals surface area contributed by atoms with E-state index in [4.69, 9.17) is 9.47 Å². The molecule has 134 valence electrons. The van der Waals surface area contributed by atoms with Crippen molar-refractivity contribution < 1.29 is 18.7 Å². The zero-order valence-corrected chi connectivity index (χ0v) is 14.7. The van der Waals surface area contributed by atoms with Gasteiger partial charge < -0.3 is 20.1 Å². The molecular formula is C17H24ClFN2O3. The number of nitrogens with one attached hydrogen (secondary N) is 2. The van der Waals surface area contributed by atoms with E-state index >= 15 is 0 Å². The van der Waals surface area contributed by atoms with E-state index < -0.39 is 5.60 Å². The Morgan fingerprint density at radius 2 is 2.25 bits per heavy atom. The molecule has 0 spiro atoms. The topological polar surface area (TPSA) is 59.6 Å². The number of morpholine rings is 1. The minimum atomic E-state index is -0.453. The molecule has 1 aromatic carbocycles. The molecule has 2 unspecified atom stereocenters. The summed E-state index contributed by atoms with van der Waals surface area (Å²) in [6.45, 7) is 5.89. The molecule has 0 bridgehead atoms. The van der Waals surface area contributed by atoms with Crippen molar-refractivity contribution in [3.63, 3.8) is 0 Å². The molecule has 3 rings (SSSR count). The number of rotatable bonds is 3. The van der Waals surface area contributed by atoms with Crippen LogP contribution in [0.25, 0.3) is 0 Å². The third kappa shape index (κ3) is 4.59. The van der Waals surface area contributed by atoms with E-state index in [1.165, 1.54) is 12.1 Å². The SMILES string of the molecule is CC1(C)CC(NC(=O)CC2COCCN2)c2ccc(F)cc2O1.Cl. The first-order valence-corrected chi connectivity index (χ1v) is 8.02. The van der Waals surface area contributed by atoms with Gasteiger partial charge in [0.05, 0.1) is 19.3 Å². The van der Waals surface area contributed by atoms with E-state index in [-0.39, 0.29) is 36.2 Å². The second-order valence-corrected chi connectivity index (χ2v) is 6.80. The molecule has 0 aliphatic carbocycles. The molecule has 1 saturated heterocycles. The van der Waals surface area contributed by atoms with Crippen LogP contribution in [0, 0.1) is 5.82 Å². The predicted octanol–water partition coefficient (Wildman–Crippen LogP) is 2.34. The Balaban J connectivity index is 0.00000208. The molecule has 2 atom stereocenters. The van der Waals surface area contributed by atoms with Crippen LogP contribution in [-0.2, 0) is 9.53 Å². The van der Waals surface area contributed by atoms with Gasteiger partial charge >= 0.3 is 0 Å². The van der Waals surface area contributed by atoms with Gasteiger partial charge in [-0.25, -0.2) is 4.39 Å². The van der Waals surface area contributed by atoms with Gasteiger partial charge in [-0.1, -0.05) is 6.07 Å². The first-order valence-electron chi connectivity index (χ1n) is 8.02. The van der Waals surface area contributed by atoms with Crippen molar-refractivity contribution in [2.24, 2.45) is 0 Å². The summed E-state index contributed by atoms with van der Waals surface area (Å²) in [6.07, 6.45) is 1.01. The summed E-state index contributed by atoms with van der Waals surface area (Å²) >= 11 is 0. The Hall–Kier alpha value is -1.37. The Bertz CT molecular complexity index is 591. The third-order valence-electron chi connectivity index (χ3n) is 4.20. The zero-order valence-electron chi connectivity index (χ0n) is 13.9. The van der Waals surface area contributed by atoms with E-state index in [2.05, 4.69) is 10.6 Å². The lowest BCUT2D eigenvalue weighted by atomic mass is 9.89. The molecule has 0 radical (unpaired) electrons. The van der Waals surface area contributed by atoms with Crippen LogP contribution in [0.4, 0.5) is 4.39 Å². The molecule has 2 aliphatic heterocycles. The van der Waals surface area contributed by atoms with Crippen molar-refractivity contribution >= 4 is 18.3 Å². The van der Waals surface area contributed by atoms with E-state index in [9.17, 15) is 9.18 Å². The maximum atomic E-state index is 13.5. The number of carbonyl (C=O) groups is 1. The summed E-state index contributed by atoms with van der Waals surface area (Å²) in [7, 11) is 0. The lowest BCUT2D eigenvalue weighted by Gasteiger charge is -2.38. The smallest absolute Gasteiger partial charge is 0.222 e. The highest BCUT2D eigenvalue weighted by atomic mass is 35.5. The summed E-state index contributed by atoms with van der Waals surface area (Å²) in [4.78, 5) is 12.3. The van der Waals surface area contributed by atoms with Crippen LogP contribution in [0.15, 0.2) is 18.2 Å². The van der Waals surface area contributed by atoms with Gasteiger partial charge in [0, 0.05) is 37.1 Å². The molecular weight excluding hydrogens is 335 g/mol. The second-order valence-electron chi connectivity index (χ2n) is 6.80. The second kappa shape index (κ2) is 7.68. The highest BCUT2D eigenvalue weighted by Gasteiger charge is 2.35. The number of ether oxygens (including phenoxy) is 2. The van der Waals surface area contributed by atoms with Gasteiger partial charge in [0.2, 0.25) is 5.91 Å². The maximum Gasteiger partial charge on any atom is 0.222 e. The van der Waals surface area contributed by atoms with Gasteiger partial charge in [-0.2, -0.15) is 0 Å². The van der Waals surface area contributed by atoms with Gasteiger partial charge in [-0.3, -0.25) is 4.79 Å². The predicted molar refractivity (Wildman–Crippen MR) is 91.1 cm³/mol. The number of hydrogen-bond acceptors (Lipinski definition) is 4. The molecule has 1 amide bonds. The highest BCUT2D eigenvalue weighted by molar-refractivity contribution is 5.85. The minimum Gasteiger partial charge on any atom is -0.487 e. The molecule has 0 aromatic heterocycles. The van der Waals surface area contributed by atoms with Crippen LogP contribution in [0.2, 0.25) is 0 Å². The van der Waals surface area contributed by atoms with E-state index in [1.54, 1.807) is 6.07 Å². The lowest BCUT2D eigenvalue weighted by Crippen LogP contribution is -2.46. The van der Waals surface area contributed by atoms with Gasteiger partial charge in [0.1, 0.15) is 17.2 Å². The lowest BCUT2D eigenvalue weighted by molar-refractivity contribution is -0.123. The molecule has 1 aromatic rings. The van der Waals surface area contributed by atoms with Gasteiger partial charge in [0.15, 0.2) is 0 Å². The largest absolute Gasteiger partial charge is 0.487 e. The fourth-order valence-corrected chi connectivity index (χ4v) is 3.18. The van der Waals surface area contributed by atoms with Crippen LogP contribution in [0.1, 0.15) is 38.3 Å². The number of carbonyl (C=O) groups excluding carboxylic acids is 1. The molecule has 0 saturated carbocycles. The summed E-state index contributed by atoms with van der Waals surface area (Å²) in [5, 5.41) is 6.33. The molecule has 5 nitrogen and oxygen atoms in total. The van der Waals surface area contributed by atoms with Crippen LogP contribution >= 0.6 is 12.4 Å². The monoisotopic (exact) mass is 358 g/mol. The number of amides is 1. The van der Waals surface area contributed by atoms with Crippen molar-refractivity contribution in [3.8, 4) is 5.75 Å². The molecule has 1 fully saturated rings. The van der Waals surface area contributed by atoms with Crippen LogP contribution in [-0.4, -0.2) is 37.3 Å². The Morgan fingerprint density at radius 1 is 1.46 bits per heavy atom. The molecule has 7 heteroatoms. The molecule has 2 N–H and O–H groups in total. The number of benzene rings is 1. The average molecular weight is 359 g/mol. The molecule has 2 aliphatic rings. The molecule has 2 heterocycles. The Labute approximate surface area is 147 Å². The van der Waals surface area contributed by atoms with E-state index in [1.807, 2.05) is 13.8 Å². The van der Waals surface area contributed by atoms with Gasteiger partial charge in [-0.15, -0.1) is 12.4 Å². The summed E-state index contributed by atoms with van der Waals surface area (Å²) in [5.74, 6) is 0.131. The van der Waals surface area contributed by atoms with Crippen LogP contribution < -0.4 is 15.4 Å². The zero-order chi connectivity index (χ0) is 16.4. The summed E-state index contributed by atoms with van der Waals surface area (Å²) < 4.78 is 24.7. The first-order chi connectivity index (χ1) is 10.9. The highest BCUT2D eigenvalue weighted by Crippen LogP contribution is 2.39. The maximum absolute atomic E-state index is 13.5. The van der Waals surface area contributed by atoms with Crippen molar-refractivity contribution in [1.29, 1.82) is 0 Å². The van der Waals surface area contributed by atoms with Crippen LogP contribution in [0.5, 0.6) is 5.75 Å². The minimum absolute atomic E-state index is 0. The quantitative estimate of drug-likeness (QED) is 0.870. The first kappa shape index (κ1) is 19.0. The van der Waals surface area contributed by atoms with Gasteiger partial charge in [0.25, 0.3) is 0 Å². The molecule has 24 heavy (non-hydrogen) atoms. The number of fused-ring (bicyclic) bond motifs is 1. The summed E-state index contributed by atoms with van der Waals surface area (Å²) in [5.41, 5.74) is 0.372. The average Bonchev–Trinajstić information content (AvgIpc) is 2.46. The Kier molecular flexibility index (Phi) is 6.06. The standard InChI is InChI=1S/C17H23FN2O3.ClH/c1-17(2)9-14(13-4-3-11(18)7-15(13)23-17)20-16(21)8-12-10-22-6-5-19-12;/h3-4,7,12,14,19H,5-6,8-10H2,1-2H3,(H,20,21);1H. The van der Waals surface area contributed by atoms with Crippen molar-refractivity contribution in [2.75, 3.05) is 19.8 Å². The van der Waals surface area contributed by atoms with Crippen molar-refractivity contribution in [1.82, 2.24) is 10.6 Å².